The molecule has 3 fully saturated rings. The third kappa shape index (κ3) is 11.5. The number of carbonyl (C=O) groups excluding carboxylic acids is 5. The van der Waals surface area contributed by atoms with E-state index in [1.807, 2.05) is 19.9 Å². The van der Waals surface area contributed by atoms with Gasteiger partial charge in [-0.05, 0) is 56.1 Å². The molecular formula is C45H70O9. The van der Waals surface area contributed by atoms with Gasteiger partial charge in [0.05, 0.1) is 6.61 Å². The van der Waals surface area contributed by atoms with Crippen molar-refractivity contribution >= 4 is 29.3 Å². The summed E-state index contributed by atoms with van der Waals surface area (Å²) in [6, 6.07) is 0. The van der Waals surface area contributed by atoms with Crippen LogP contribution in [0, 0.1) is 28.6 Å². The molecule has 0 aromatic carbocycles. The number of fused-ring (bicyclic) bond motifs is 5. The second kappa shape index (κ2) is 21.6. The van der Waals surface area contributed by atoms with E-state index < -0.39 is 54.0 Å². The molecule has 6 unspecified atom stereocenters. The highest BCUT2D eigenvalue weighted by atomic mass is 16.6. The van der Waals surface area contributed by atoms with E-state index >= 15 is 0 Å². The Kier molecular flexibility index (Phi) is 17.6. The predicted molar refractivity (Wildman–Crippen MR) is 208 cm³/mol. The van der Waals surface area contributed by atoms with Crippen LogP contribution >= 0.6 is 0 Å². The quantitative estimate of drug-likeness (QED) is 0.0679. The van der Waals surface area contributed by atoms with Crippen molar-refractivity contribution in [2.24, 2.45) is 28.6 Å². The minimum atomic E-state index is -1.80. The van der Waals surface area contributed by atoms with Crippen molar-refractivity contribution in [3.63, 3.8) is 0 Å². The number of Topliss-reactive ketones (excluding diaryl/α,β-unsaturated/α-hetero) is 2. The Morgan fingerprint density at radius 2 is 1.28 bits per heavy atom. The van der Waals surface area contributed by atoms with Crippen LogP contribution < -0.4 is 0 Å². The molecule has 0 amide bonds. The normalized spacial score (nSPS) is 28.6. The molecule has 4 aliphatic carbocycles. The van der Waals surface area contributed by atoms with Crippen molar-refractivity contribution in [1.29, 1.82) is 0 Å². The van der Waals surface area contributed by atoms with Crippen molar-refractivity contribution < 1.29 is 43.3 Å². The van der Waals surface area contributed by atoms with Crippen molar-refractivity contribution in [3.05, 3.63) is 23.8 Å². The van der Waals surface area contributed by atoms with Gasteiger partial charge in [0.25, 0.3) is 0 Å². The van der Waals surface area contributed by atoms with E-state index in [0.717, 1.165) is 31.3 Å². The van der Waals surface area contributed by atoms with Gasteiger partial charge in [-0.1, -0.05) is 142 Å². The zero-order valence-corrected chi connectivity index (χ0v) is 33.8. The molecule has 0 aromatic rings. The zero-order chi connectivity index (χ0) is 39.0. The molecule has 0 saturated heterocycles. The van der Waals surface area contributed by atoms with Gasteiger partial charge >= 0.3 is 11.9 Å². The molecule has 54 heavy (non-hydrogen) atoms. The summed E-state index contributed by atoms with van der Waals surface area (Å²) < 4.78 is 15.6. The van der Waals surface area contributed by atoms with Crippen molar-refractivity contribution in [3.8, 4) is 0 Å². The van der Waals surface area contributed by atoms with Crippen LogP contribution in [0.2, 0.25) is 0 Å². The third-order valence-electron chi connectivity index (χ3n) is 13.4. The number of esters is 2. The minimum absolute atomic E-state index is 0.00326. The molecule has 0 spiro atoms. The highest BCUT2D eigenvalue weighted by Crippen LogP contribution is 2.66. The number of allylic oxidation sites excluding steroid dienone is 4. The molecule has 3 saturated carbocycles. The van der Waals surface area contributed by atoms with Crippen LogP contribution in [0.25, 0.3) is 0 Å². The van der Waals surface area contributed by atoms with Gasteiger partial charge in [-0.3, -0.25) is 14.4 Å². The smallest absolute Gasteiger partial charge is 0.332 e. The first-order valence-corrected chi connectivity index (χ1v) is 21.6. The standard InChI is InChI=1S/C45H70O9/c1-4-5-6-7-8-9-10-11-12-13-14-15-16-17-18-19-20-21-28-53-40(49)32-52-33-41(50)54-31-39(48)45(51)27-25-37-36-23-22-34-29-35(46)24-26-43(34,2)42(36)38(47)30-44(37,45)3/h24,26,29,36-37,42,51H,4-23,25,27-28,30-33H2,1-3H3. The van der Waals surface area contributed by atoms with E-state index in [0.29, 0.717) is 19.4 Å². The summed E-state index contributed by atoms with van der Waals surface area (Å²) in [5.41, 5.74) is -2.33. The summed E-state index contributed by atoms with van der Waals surface area (Å²) in [6.07, 6.45) is 30.6. The molecular weight excluding hydrogens is 684 g/mol. The lowest BCUT2D eigenvalue weighted by Crippen LogP contribution is -2.60. The number of aliphatic hydroxyl groups is 1. The molecule has 9 heteroatoms. The van der Waals surface area contributed by atoms with Gasteiger partial charge in [0, 0.05) is 23.2 Å². The van der Waals surface area contributed by atoms with Crippen LogP contribution in [0.1, 0.15) is 168 Å². The number of unbranched alkanes of at least 4 members (excludes halogenated alkanes) is 17. The first-order chi connectivity index (χ1) is 26.0. The van der Waals surface area contributed by atoms with Crippen molar-refractivity contribution in [1.82, 2.24) is 0 Å². The van der Waals surface area contributed by atoms with Crippen LogP contribution in [-0.4, -0.2) is 66.4 Å². The average Bonchev–Trinajstić information content (AvgIpc) is 3.41. The van der Waals surface area contributed by atoms with Crippen LogP contribution in [-0.2, 0) is 38.2 Å². The molecule has 9 nitrogen and oxygen atoms in total. The third-order valence-corrected chi connectivity index (χ3v) is 13.4. The molecule has 0 radical (unpaired) electrons. The number of ether oxygens (including phenoxy) is 3. The Morgan fingerprint density at radius 3 is 1.85 bits per heavy atom. The van der Waals surface area contributed by atoms with E-state index in [9.17, 15) is 29.1 Å². The van der Waals surface area contributed by atoms with Crippen LogP contribution in [0.4, 0.5) is 0 Å². The number of rotatable bonds is 26. The molecule has 4 aliphatic rings. The van der Waals surface area contributed by atoms with Crippen molar-refractivity contribution in [2.75, 3.05) is 26.4 Å². The molecule has 4 rings (SSSR count). The molecule has 1 N–H and O–H groups in total. The van der Waals surface area contributed by atoms with Crippen molar-refractivity contribution in [2.45, 2.75) is 174 Å². The highest BCUT2D eigenvalue weighted by Gasteiger charge is 2.68. The molecule has 0 bridgehead atoms. The lowest BCUT2D eigenvalue weighted by atomic mass is 9.46. The zero-order valence-electron chi connectivity index (χ0n) is 33.8. The number of hydrogen-bond acceptors (Lipinski definition) is 9. The predicted octanol–water partition coefficient (Wildman–Crippen LogP) is 8.92. The Labute approximate surface area is 324 Å². The van der Waals surface area contributed by atoms with E-state index in [4.69, 9.17) is 14.2 Å². The SMILES string of the molecule is CCCCCCCCCCCCCCCCCCCCOC(=O)COCC(=O)OCC(=O)C1(O)CCC2C3CCC4=CC(=O)C=CC4(C)C3C(=O)CC21C. The molecule has 0 heterocycles. The Hall–Kier alpha value is -2.65. The largest absolute Gasteiger partial charge is 0.464 e. The van der Waals surface area contributed by atoms with Crippen LogP contribution in [0.3, 0.4) is 0 Å². The first-order valence-electron chi connectivity index (χ1n) is 21.6. The summed E-state index contributed by atoms with van der Waals surface area (Å²) in [4.78, 5) is 63.7. The summed E-state index contributed by atoms with van der Waals surface area (Å²) in [5.74, 6) is -2.44. The lowest BCUT2D eigenvalue weighted by Gasteiger charge is -2.56. The maximum absolute atomic E-state index is 13.8. The maximum Gasteiger partial charge on any atom is 0.332 e. The minimum Gasteiger partial charge on any atom is -0.464 e. The second-order valence-electron chi connectivity index (χ2n) is 17.2. The lowest BCUT2D eigenvalue weighted by molar-refractivity contribution is -0.174. The van der Waals surface area contributed by atoms with Gasteiger partial charge in [-0.25, -0.2) is 9.59 Å². The maximum atomic E-state index is 13.8. The summed E-state index contributed by atoms with van der Waals surface area (Å²) in [7, 11) is 0. The topological polar surface area (TPSA) is 133 Å². The number of ketones is 3. The summed E-state index contributed by atoms with van der Waals surface area (Å²) >= 11 is 0. The van der Waals surface area contributed by atoms with Gasteiger partial charge in [-0.2, -0.15) is 0 Å². The van der Waals surface area contributed by atoms with E-state index in [2.05, 4.69) is 6.92 Å². The Morgan fingerprint density at radius 1 is 0.741 bits per heavy atom. The van der Waals surface area contributed by atoms with Gasteiger partial charge in [0.15, 0.2) is 12.4 Å². The Balaban J connectivity index is 1.01. The summed E-state index contributed by atoms with van der Waals surface area (Å²) in [5, 5.41) is 11.8. The number of hydrogen-bond donors (Lipinski definition) is 1. The van der Waals surface area contributed by atoms with E-state index in [-0.39, 0.29) is 42.2 Å². The van der Waals surface area contributed by atoms with Gasteiger partial charge in [-0.15, -0.1) is 0 Å². The first kappa shape index (κ1) is 44.1. The molecule has 304 valence electrons. The molecule has 0 aliphatic heterocycles. The van der Waals surface area contributed by atoms with Crippen LogP contribution in [0.5, 0.6) is 0 Å². The van der Waals surface area contributed by atoms with Crippen LogP contribution in [0.15, 0.2) is 23.8 Å². The summed E-state index contributed by atoms with van der Waals surface area (Å²) in [6.45, 7) is 4.88. The fourth-order valence-corrected chi connectivity index (χ4v) is 10.2. The molecule has 0 aromatic heterocycles. The van der Waals surface area contributed by atoms with Gasteiger partial charge in [0.1, 0.15) is 24.6 Å². The fraction of sp³-hybridized carbons (Fsp3) is 0.800. The highest BCUT2D eigenvalue weighted by molar-refractivity contribution is 6.02. The number of carbonyl (C=O) groups is 5. The average molecular weight is 755 g/mol. The fourth-order valence-electron chi connectivity index (χ4n) is 10.2. The van der Waals surface area contributed by atoms with Gasteiger partial charge in [0.2, 0.25) is 5.78 Å². The second-order valence-corrected chi connectivity index (χ2v) is 17.2. The molecule has 6 atom stereocenters. The Bertz CT molecular complexity index is 1330. The monoisotopic (exact) mass is 755 g/mol. The van der Waals surface area contributed by atoms with E-state index in [1.165, 1.54) is 96.3 Å². The van der Waals surface area contributed by atoms with Gasteiger partial charge < -0.3 is 19.3 Å². The van der Waals surface area contributed by atoms with E-state index in [1.54, 1.807) is 12.2 Å².